The summed E-state index contributed by atoms with van der Waals surface area (Å²) in [6, 6.07) is 7.51. The highest BCUT2D eigenvalue weighted by molar-refractivity contribution is 7.21. The van der Waals surface area contributed by atoms with E-state index in [1.807, 2.05) is 24.3 Å². The van der Waals surface area contributed by atoms with Gasteiger partial charge in [-0.3, -0.25) is 0 Å². The molecule has 2 aromatic heterocycles. The number of hydrogen-bond donors (Lipinski definition) is 5. The molecule has 0 spiro atoms. The predicted octanol–water partition coefficient (Wildman–Crippen LogP) is 3.14. The number of fused-ring (bicyclic) bond motifs is 1. The SMILES string of the molecule is COCCNC[C@H]1CC[C@](O)(Nc2nc(NCC(F)(F)F)nc(C)c2-c2nc3ccccc3s2)[C@@H]1O. The Kier molecular flexibility index (Phi) is 7.95. The first kappa shape index (κ1) is 26.5. The molecule has 9 nitrogen and oxygen atoms in total. The average Bonchev–Trinajstić information content (AvgIpc) is 3.36. The number of aryl methyl sites for hydroxylation is 1. The highest BCUT2D eigenvalue weighted by atomic mass is 32.1. The maximum absolute atomic E-state index is 12.8. The molecular formula is C23H29F3N6O3S. The second kappa shape index (κ2) is 10.8. The molecule has 5 N–H and O–H groups in total. The molecule has 1 saturated carbocycles. The standard InChI is InChI=1S/C23H29F3N6O3S/c1-13-17(20-30-15-5-3-4-6-16(15)36-20)19(31-21(29-13)28-12-23(24,25)26)32-22(34)8-7-14(18(22)33)11-27-9-10-35-2/h3-6,14,18,27,33-34H,7-12H2,1-2H3,(H2,28,29,31,32)/t14-,18-,22-/m1/s1. The molecule has 3 atom stereocenters. The molecule has 0 radical (unpaired) electrons. The number of nitrogens with zero attached hydrogens (tertiary/aromatic N) is 3. The van der Waals surface area contributed by atoms with Crippen LogP contribution >= 0.6 is 11.3 Å². The number of hydrogen-bond acceptors (Lipinski definition) is 10. The van der Waals surface area contributed by atoms with Crippen LogP contribution in [0.3, 0.4) is 0 Å². The Hall–Kier alpha value is -2.58. The van der Waals surface area contributed by atoms with Crippen LogP contribution < -0.4 is 16.0 Å². The van der Waals surface area contributed by atoms with E-state index in [0.29, 0.717) is 42.4 Å². The first-order chi connectivity index (χ1) is 17.1. The normalized spacial score (nSPS) is 22.3. The quantitative estimate of drug-likeness (QED) is 0.200. The van der Waals surface area contributed by atoms with Crippen LogP contribution in [0.4, 0.5) is 24.9 Å². The Labute approximate surface area is 210 Å². The van der Waals surface area contributed by atoms with Crippen LogP contribution in [0.1, 0.15) is 18.5 Å². The van der Waals surface area contributed by atoms with Gasteiger partial charge in [-0.05, 0) is 31.9 Å². The summed E-state index contributed by atoms with van der Waals surface area (Å²) >= 11 is 1.38. The fourth-order valence-electron chi connectivity index (χ4n) is 4.27. The third-order valence-electron chi connectivity index (χ3n) is 6.10. The Morgan fingerprint density at radius 1 is 1.22 bits per heavy atom. The second-order valence-corrected chi connectivity index (χ2v) is 9.83. The van der Waals surface area contributed by atoms with E-state index in [9.17, 15) is 23.4 Å². The van der Waals surface area contributed by atoms with Crippen molar-refractivity contribution in [3.63, 3.8) is 0 Å². The number of para-hydroxylation sites is 1. The van der Waals surface area contributed by atoms with Crippen molar-refractivity contribution in [2.24, 2.45) is 5.92 Å². The summed E-state index contributed by atoms with van der Waals surface area (Å²) < 4.78 is 44.4. The van der Waals surface area contributed by atoms with Crippen LogP contribution in [-0.2, 0) is 4.74 Å². The minimum absolute atomic E-state index is 0.0979. The molecule has 36 heavy (non-hydrogen) atoms. The summed E-state index contributed by atoms with van der Waals surface area (Å²) in [6.07, 6.45) is -4.85. The van der Waals surface area contributed by atoms with Crippen LogP contribution in [0.25, 0.3) is 20.8 Å². The summed E-state index contributed by atoms with van der Waals surface area (Å²) in [5, 5.41) is 31.2. The van der Waals surface area contributed by atoms with Gasteiger partial charge in [0.1, 0.15) is 23.5 Å². The third-order valence-corrected chi connectivity index (χ3v) is 7.15. The lowest BCUT2D eigenvalue weighted by atomic mass is 10.0. The van der Waals surface area contributed by atoms with Gasteiger partial charge in [0.05, 0.1) is 28.1 Å². The molecule has 4 rings (SSSR count). The molecule has 1 aliphatic carbocycles. The molecule has 0 unspecified atom stereocenters. The maximum atomic E-state index is 12.8. The van der Waals surface area contributed by atoms with E-state index >= 15 is 0 Å². The minimum atomic E-state index is -4.46. The molecule has 0 bridgehead atoms. The zero-order chi connectivity index (χ0) is 25.9. The largest absolute Gasteiger partial charge is 0.405 e. The first-order valence-electron chi connectivity index (χ1n) is 11.5. The van der Waals surface area contributed by atoms with E-state index in [0.717, 1.165) is 10.2 Å². The molecule has 1 aliphatic rings. The average molecular weight is 527 g/mol. The number of anilines is 2. The summed E-state index contributed by atoms with van der Waals surface area (Å²) in [6.45, 7) is 1.93. The van der Waals surface area contributed by atoms with Crippen molar-refractivity contribution in [3.8, 4) is 10.6 Å². The Morgan fingerprint density at radius 3 is 2.72 bits per heavy atom. The zero-order valence-electron chi connectivity index (χ0n) is 19.9. The summed E-state index contributed by atoms with van der Waals surface area (Å²) in [5.41, 5.74) is -0.147. The van der Waals surface area contributed by atoms with Crippen molar-refractivity contribution in [2.75, 3.05) is 44.0 Å². The number of aliphatic hydroxyl groups is 2. The van der Waals surface area contributed by atoms with Crippen LogP contribution in [-0.4, -0.2) is 76.5 Å². The minimum Gasteiger partial charge on any atom is -0.388 e. The lowest BCUT2D eigenvalue weighted by molar-refractivity contribution is -0.115. The monoisotopic (exact) mass is 526 g/mol. The van der Waals surface area contributed by atoms with Crippen LogP contribution in [0.15, 0.2) is 24.3 Å². The van der Waals surface area contributed by atoms with Gasteiger partial charge in [-0.25, -0.2) is 9.97 Å². The smallest absolute Gasteiger partial charge is 0.388 e. The highest BCUT2D eigenvalue weighted by Gasteiger charge is 2.47. The van der Waals surface area contributed by atoms with E-state index in [1.54, 1.807) is 14.0 Å². The Balaban J connectivity index is 1.66. The van der Waals surface area contributed by atoms with Gasteiger partial charge >= 0.3 is 6.18 Å². The maximum Gasteiger partial charge on any atom is 0.405 e. The zero-order valence-corrected chi connectivity index (χ0v) is 20.7. The number of thiazole rings is 1. The van der Waals surface area contributed by atoms with Gasteiger partial charge in [0.25, 0.3) is 0 Å². The summed E-state index contributed by atoms with van der Waals surface area (Å²) in [7, 11) is 1.60. The van der Waals surface area contributed by atoms with E-state index in [-0.39, 0.29) is 24.1 Å². The lowest BCUT2D eigenvalue weighted by Gasteiger charge is -2.31. The number of halogens is 3. The molecule has 0 saturated heterocycles. The van der Waals surface area contributed by atoms with Crippen molar-refractivity contribution >= 4 is 33.3 Å². The number of ether oxygens (including phenoxy) is 1. The van der Waals surface area contributed by atoms with Gasteiger partial charge < -0.3 is 30.9 Å². The van der Waals surface area contributed by atoms with Crippen molar-refractivity contribution in [1.29, 1.82) is 0 Å². The van der Waals surface area contributed by atoms with Crippen LogP contribution in [0.5, 0.6) is 0 Å². The summed E-state index contributed by atoms with van der Waals surface area (Å²) in [4.78, 5) is 13.1. The Bertz CT molecular complexity index is 1160. The first-order valence-corrected chi connectivity index (χ1v) is 12.3. The van der Waals surface area contributed by atoms with E-state index in [1.165, 1.54) is 11.3 Å². The number of rotatable bonds is 10. The summed E-state index contributed by atoms with van der Waals surface area (Å²) in [5.74, 6) is -0.386. The van der Waals surface area contributed by atoms with Crippen molar-refractivity contribution in [2.45, 2.75) is 37.8 Å². The van der Waals surface area contributed by atoms with Gasteiger partial charge in [0.15, 0.2) is 5.72 Å². The number of aromatic nitrogens is 3. The van der Waals surface area contributed by atoms with Gasteiger partial charge in [0.2, 0.25) is 5.95 Å². The fourth-order valence-corrected chi connectivity index (χ4v) is 5.34. The molecule has 0 amide bonds. The molecule has 1 aromatic carbocycles. The lowest BCUT2D eigenvalue weighted by Crippen LogP contribution is -2.49. The number of alkyl halides is 3. The van der Waals surface area contributed by atoms with Crippen molar-refractivity contribution < 1.29 is 28.1 Å². The second-order valence-electron chi connectivity index (χ2n) is 8.80. The number of aliphatic hydroxyl groups excluding tert-OH is 1. The third kappa shape index (κ3) is 6.03. The van der Waals surface area contributed by atoms with E-state index in [4.69, 9.17) is 4.74 Å². The molecule has 196 valence electrons. The molecular weight excluding hydrogens is 497 g/mol. The van der Waals surface area contributed by atoms with Gasteiger partial charge in [-0.2, -0.15) is 18.2 Å². The van der Waals surface area contributed by atoms with Crippen molar-refractivity contribution in [3.05, 3.63) is 30.0 Å². The molecule has 2 heterocycles. The van der Waals surface area contributed by atoms with Crippen molar-refractivity contribution in [1.82, 2.24) is 20.3 Å². The number of nitrogens with one attached hydrogen (secondary N) is 3. The van der Waals surface area contributed by atoms with Gasteiger partial charge in [-0.1, -0.05) is 12.1 Å². The Morgan fingerprint density at radius 2 is 2.00 bits per heavy atom. The molecule has 1 fully saturated rings. The van der Waals surface area contributed by atoms with Crippen LogP contribution in [0.2, 0.25) is 0 Å². The number of benzene rings is 1. The fraction of sp³-hybridized carbons (Fsp3) is 0.522. The highest BCUT2D eigenvalue weighted by Crippen LogP contribution is 2.40. The van der Waals surface area contributed by atoms with E-state index in [2.05, 4.69) is 30.9 Å². The topological polar surface area (TPSA) is 124 Å². The predicted molar refractivity (Wildman–Crippen MR) is 132 cm³/mol. The van der Waals surface area contributed by atoms with Crippen LogP contribution in [0, 0.1) is 12.8 Å². The van der Waals surface area contributed by atoms with Gasteiger partial charge in [-0.15, -0.1) is 11.3 Å². The molecule has 13 heteroatoms. The van der Waals surface area contributed by atoms with Gasteiger partial charge in [0, 0.05) is 26.1 Å². The molecule has 3 aromatic rings. The van der Waals surface area contributed by atoms with E-state index < -0.39 is 24.6 Å². The number of methoxy groups -OCH3 is 1. The molecule has 0 aliphatic heterocycles.